The topological polar surface area (TPSA) is 29.1 Å². The predicted octanol–water partition coefficient (Wildman–Crippen LogP) is 2.65. The molecule has 16 heavy (non-hydrogen) atoms. The van der Waals surface area contributed by atoms with Crippen molar-refractivity contribution in [3.63, 3.8) is 0 Å². The molecule has 0 fully saturated rings. The monoisotopic (exact) mass is 235 g/mol. The molecule has 0 bridgehead atoms. The molecule has 0 aliphatic rings. The fraction of sp³-hybridized carbons (Fsp3) is 0.300. The van der Waals surface area contributed by atoms with E-state index < -0.39 is 23.6 Å². The molecule has 1 amide bonds. The molecule has 1 aromatic carbocycles. The third kappa shape index (κ3) is 2.71. The molecule has 88 valence electrons. The zero-order valence-corrected chi connectivity index (χ0v) is 8.31. The van der Waals surface area contributed by atoms with E-state index in [-0.39, 0.29) is 5.56 Å². The Kier molecular flexibility index (Phi) is 3.51. The van der Waals surface area contributed by atoms with Crippen molar-refractivity contribution in [2.75, 3.05) is 0 Å². The molecular weight excluding hydrogens is 226 g/mol. The highest BCUT2D eigenvalue weighted by Crippen LogP contribution is 2.31. The second-order valence-electron chi connectivity index (χ2n) is 3.24. The van der Waals surface area contributed by atoms with Crippen molar-refractivity contribution in [1.82, 2.24) is 5.32 Å². The Morgan fingerprint density at radius 2 is 2.00 bits per heavy atom. The van der Waals surface area contributed by atoms with Crippen LogP contribution < -0.4 is 5.32 Å². The zero-order chi connectivity index (χ0) is 12.3. The molecule has 1 rings (SSSR count). The van der Waals surface area contributed by atoms with Gasteiger partial charge < -0.3 is 5.32 Å². The lowest BCUT2D eigenvalue weighted by Gasteiger charge is -2.13. The molecule has 0 radical (unpaired) electrons. The summed E-state index contributed by atoms with van der Waals surface area (Å²) in [6.45, 7) is 1.47. The van der Waals surface area contributed by atoms with Crippen molar-refractivity contribution in [3.8, 4) is 0 Å². The standard InChI is InChI=1S/C10H9F4NO/c1-6(15-5-16)8-3-2-7(4-9(8)11)10(12,13)14/h2-6H,1H3,(H,15,16)/t6-/m1/s1. The molecule has 0 saturated heterocycles. The van der Waals surface area contributed by atoms with Gasteiger partial charge in [-0.1, -0.05) is 6.07 Å². The molecule has 0 aromatic heterocycles. The number of amides is 1. The summed E-state index contributed by atoms with van der Waals surface area (Å²) in [6, 6.07) is 1.54. The van der Waals surface area contributed by atoms with E-state index in [1.807, 2.05) is 0 Å². The number of carbonyl (C=O) groups is 1. The molecule has 1 atom stereocenters. The smallest absolute Gasteiger partial charge is 0.352 e. The number of carbonyl (C=O) groups excluding carboxylic acids is 1. The Balaban J connectivity index is 3.05. The zero-order valence-electron chi connectivity index (χ0n) is 8.31. The first kappa shape index (κ1) is 12.5. The summed E-state index contributed by atoms with van der Waals surface area (Å²) < 4.78 is 49.9. The van der Waals surface area contributed by atoms with Crippen LogP contribution in [0.3, 0.4) is 0 Å². The minimum absolute atomic E-state index is 0.0140. The number of rotatable bonds is 3. The molecule has 0 aliphatic heterocycles. The van der Waals surface area contributed by atoms with Crippen LogP contribution in [0.4, 0.5) is 17.6 Å². The van der Waals surface area contributed by atoms with Crippen molar-refractivity contribution in [3.05, 3.63) is 35.1 Å². The number of hydrogen-bond donors (Lipinski definition) is 1. The molecule has 2 nitrogen and oxygen atoms in total. The van der Waals surface area contributed by atoms with E-state index in [2.05, 4.69) is 5.32 Å². The maximum absolute atomic E-state index is 13.3. The molecule has 0 spiro atoms. The minimum atomic E-state index is -4.57. The summed E-state index contributed by atoms with van der Waals surface area (Å²) >= 11 is 0. The number of nitrogens with one attached hydrogen (secondary N) is 1. The Bertz CT molecular complexity index is 389. The number of halogens is 4. The van der Waals surface area contributed by atoms with Gasteiger partial charge in [0.1, 0.15) is 5.82 Å². The molecule has 1 aromatic rings. The molecule has 0 aliphatic carbocycles. The highest BCUT2D eigenvalue weighted by molar-refractivity contribution is 5.47. The van der Waals surface area contributed by atoms with Gasteiger partial charge in [0.05, 0.1) is 11.6 Å². The Hall–Kier alpha value is -1.59. The van der Waals surface area contributed by atoms with E-state index in [1.165, 1.54) is 6.92 Å². The van der Waals surface area contributed by atoms with E-state index >= 15 is 0 Å². The highest BCUT2D eigenvalue weighted by Gasteiger charge is 2.31. The van der Waals surface area contributed by atoms with Crippen molar-refractivity contribution in [2.24, 2.45) is 0 Å². The van der Waals surface area contributed by atoms with Crippen molar-refractivity contribution in [1.29, 1.82) is 0 Å². The molecular formula is C10H9F4NO. The first-order valence-electron chi connectivity index (χ1n) is 4.42. The van der Waals surface area contributed by atoms with Gasteiger partial charge in [-0.15, -0.1) is 0 Å². The van der Waals surface area contributed by atoms with Gasteiger partial charge in [0.25, 0.3) is 0 Å². The van der Waals surface area contributed by atoms with Crippen LogP contribution in [0.2, 0.25) is 0 Å². The lowest BCUT2D eigenvalue weighted by Crippen LogP contribution is -2.18. The maximum Gasteiger partial charge on any atom is 0.416 e. The van der Waals surface area contributed by atoms with E-state index in [9.17, 15) is 22.4 Å². The largest absolute Gasteiger partial charge is 0.416 e. The normalized spacial score (nSPS) is 13.3. The minimum Gasteiger partial charge on any atom is -0.352 e. The molecule has 0 unspecified atom stereocenters. The Morgan fingerprint density at radius 1 is 1.38 bits per heavy atom. The average Bonchev–Trinajstić information content (AvgIpc) is 2.16. The van der Waals surface area contributed by atoms with Crippen LogP contribution >= 0.6 is 0 Å². The third-order valence-electron chi connectivity index (χ3n) is 2.11. The van der Waals surface area contributed by atoms with Gasteiger partial charge in [0.15, 0.2) is 0 Å². The third-order valence-corrected chi connectivity index (χ3v) is 2.11. The maximum atomic E-state index is 13.3. The van der Waals surface area contributed by atoms with Gasteiger partial charge in [-0.2, -0.15) is 13.2 Å². The lowest BCUT2D eigenvalue weighted by molar-refractivity contribution is -0.137. The van der Waals surface area contributed by atoms with Gasteiger partial charge in [-0.05, 0) is 19.1 Å². The average molecular weight is 235 g/mol. The predicted molar refractivity (Wildman–Crippen MR) is 49.0 cm³/mol. The van der Waals surface area contributed by atoms with Crippen LogP contribution in [0, 0.1) is 5.82 Å². The van der Waals surface area contributed by atoms with E-state index in [0.717, 1.165) is 12.1 Å². The Morgan fingerprint density at radius 3 is 2.44 bits per heavy atom. The second kappa shape index (κ2) is 4.51. The van der Waals surface area contributed by atoms with Crippen molar-refractivity contribution in [2.45, 2.75) is 19.1 Å². The van der Waals surface area contributed by atoms with Crippen LogP contribution in [-0.2, 0) is 11.0 Å². The molecule has 0 saturated carbocycles. The van der Waals surface area contributed by atoms with Gasteiger partial charge in [-0.3, -0.25) is 4.79 Å². The summed E-state index contributed by atoms with van der Waals surface area (Å²) in [6.07, 6.45) is -4.21. The highest BCUT2D eigenvalue weighted by atomic mass is 19.4. The van der Waals surface area contributed by atoms with Crippen LogP contribution in [-0.4, -0.2) is 6.41 Å². The van der Waals surface area contributed by atoms with Gasteiger partial charge >= 0.3 is 6.18 Å². The first-order valence-corrected chi connectivity index (χ1v) is 4.42. The van der Waals surface area contributed by atoms with Crippen LogP contribution in [0.15, 0.2) is 18.2 Å². The molecule has 6 heteroatoms. The van der Waals surface area contributed by atoms with Gasteiger partial charge in [0, 0.05) is 5.56 Å². The summed E-state index contributed by atoms with van der Waals surface area (Å²) in [4.78, 5) is 10.1. The first-order chi connectivity index (χ1) is 7.36. The summed E-state index contributed by atoms with van der Waals surface area (Å²) in [7, 11) is 0. The van der Waals surface area contributed by atoms with E-state index in [4.69, 9.17) is 0 Å². The van der Waals surface area contributed by atoms with Crippen LogP contribution in [0.1, 0.15) is 24.1 Å². The van der Waals surface area contributed by atoms with Gasteiger partial charge in [-0.25, -0.2) is 4.39 Å². The number of benzene rings is 1. The quantitative estimate of drug-likeness (QED) is 0.633. The number of hydrogen-bond acceptors (Lipinski definition) is 1. The lowest BCUT2D eigenvalue weighted by atomic mass is 10.1. The van der Waals surface area contributed by atoms with Crippen LogP contribution in [0.25, 0.3) is 0 Å². The van der Waals surface area contributed by atoms with Crippen molar-refractivity contribution >= 4 is 6.41 Å². The molecule has 1 N–H and O–H groups in total. The van der Waals surface area contributed by atoms with Gasteiger partial charge in [0.2, 0.25) is 6.41 Å². The summed E-state index contributed by atoms with van der Waals surface area (Å²) in [5.41, 5.74) is -1.04. The SMILES string of the molecule is C[C@@H](NC=O)c1ccc(C(F)(F)F)cc1F. The van der Waals surface area contributed by atoms with Crippen molar-refractivity contribution < 1.29 is 22.4 Å². The molecule has 0 heterocycles. The Labute approximate surface area is 89.3 Å². The second-order valence-corrected chi connectivity index (χ2v) is 3.24. The van der Waals surface area contributed by atoms with E-state index in [0.29, 0.717) is 12.5 Å². The fourth-order valence-electron chi connectivity index (χ4n) is 1.25. The fourth-order valence-corrected chi connectivity index (χ4v) is 1.25. The summed E-state index contributed by atoms with van der Waals surface area (Å²) in [5, 5.41) is 2.26. The summed E-state index contributed by atoms with van der Waals surface area (Å²) in [5.74, 6) is -0.989. The van der Waals surface area contributed by atoms with E-state index in [1.54, 1.807) is 0 Å². The number of alkyl halides is 3. The van der Waals surface area contributed by atoms with Crippen LogP contribution in [0.5, 0.6) is 0 Å².